The van der Waals surface area contributed by atoms with Crippen molar-refractivity contribution in [1.82, 2.24) is 9.97 Å². The molecule has 0 saturated heterocycles. The van der Waals surface area contributed by atoms with Crippen LogP contribution in [0.15, 0.2) is 45.8 Å². The molecule has 0 atom stereocenters. The van der Waals surface area contributed by atoms with Gasteiger partial charge in [0.25, 0.3) is 0 Å². The number of rotatable bonds is 8. The lowest BCUT2D eigenvalue weighted by atomic mass is 10.3. The highest BCUT2D eigenvalue weighted by molar-refractivity contribution is 9.10. The van der Waals surface area contributed by atoms with E-state index in [1.807, 2.05) is 13.8 Å². The molecule has 0 aliphatic heterocycles. The topological polar surface area (TPSA) is 133 Å². The molecule has 1 aromatic heterocycles. The molecule has 5 N–H and O–H groups in total. The van der Waals surface area contributed by atoms with E-state index in [0.717, 1.165) is 11.8 Å². The van der Waals surface area contributed by atoms with Crippen molar-refractivity contribution in [3.8, 4) is 0 Å². The SMILES string of the molecule is C\C=C/C(OCCC)=C(\C=C\S(N)(=O)=O)Nc1ncc(Br)c(N)n1. The lowest BCUT2D eigenvalue weighted by Gasteiger charge is -2.12. The van der Waals surface area contributed by atoms with E-state index in [2.05, 4.69) is 31.2 Å². The van der Waals surface area contributed by atoms with E-state index in [1.165, 1.54) is 12.3 Å². The van der Waals surface area contributed by atoms with Crippen molar-refractivity contribution in [2.75, 3.05) is 17.7 Å². The Kier molecular flexibility index (Phi) is 7.89. The second-order valence-corrected chi connectivity index (χ2v) is 6.87. The fraction of sp³-hybridized carbons (Fsp3) is 0.286. The number of anilines is 2. The molecule has 0 aliphatic carbocycles. The Bertz CT molecular complexity index is 760. The summed E-state index contributed by atoms with van der Waals surface area (Å²) >= 11 is 3.20. The maximum Gasteiger partial charge on any atom is 0.231 e. The predicted octanol–water partition coefficient (Wildman–Crippen LogP) is 2.25. The van der Waals surface area contributed by atoms with Crippen molar-refractivity contribution in [1.29, 1.82) is 0 Å². The first-order chi connectivity index (χ1) is 11.3. The van der Waals surface area contributed by atoms with Gasteiger partial charge in [-0.25, -0.2) is 18.5 Å². The molecule has 0 spiro atoms. The van der Waals surface area contributed by atoms with Gasteiger partial charge in [0, 0.05) is 11.6 Å². The van der Waals surface area contributed by atoms with Gasteiger partial charge in [0.15, 0.2) is 0 Å². The van der Waals surface area contributed by atoms with Crippen molar-refractivity contribution in [2.45, 2.75) is 20.3 Å². The third-order valence-electron chi connectivity index (χ3n) is 2.49. The first kappa shape index (κ1) is 20.1. The smallest absolute Gasteiger partial charge is 0.231 e. The zero-order valence-electron chi connectivity index (χ0n) is 13.4. The Morgan fingerprint density at radius 3 is 2.71 bits per heavy atom. The lowest BCUT2D eigenvalue weighted by Crippen LogP contribution is -2.11. The number of nitrogens with one attached hydrogen (secondary N) is 1. The first-order valence-electron chi connectivity index (χ1n) is 7.02. The highest BCUT2D eigenvalue weighted by Gasteiger charge is 2.08. The second kappa shape index (κ2) is 9.40. The van der Waals surface area contributed by atoms with E-state index < -0.39 is 10.0 Å². The van der Waals surface area contributed by atoms with Gasteiger partial charge in [0.1, 0.15) is 11.6 Å². The number of halogens is 1. The quantitative estimate of drug-likeness (QED) is 0.436. The monoisotopic (exact) mass is 417 g/mol. The van der Waals surface area contributed by atoms with Gasteiger partial charge in [0.2, 0.25) is 16.0 Å². The summed E-state index contributed by atoms with van der Waals surface area (Å²) in [7, 11) is -3.80. The molecule has 0 amide bonds. The molecule has 1 rings (SSSR count). The number of nitrogens with zero attached hydrogens (tertiary/aromatic N) is 2. The van der Waals surface area contributed by atoms with Crippen molar-refractivity contribution >= 4 is 37.7 Å². The summed E-state index contributed by atoms with van der Waals surface area (Å²) in [6.07, 6.45) is 6.99. The number of allylic oxidation sites excluding steroid dienone is 3. The minimum absolute atomic E-state index is 0.187. The number of hydrogen-bond donors (Lipinski definition) is 3. The molecule has 0 radical (unpaired) electrons. The normalized spacial score (nSPS) is 13.3. The maximum atomic E-state index is 11.2. The Morgan fingerprint density at radius 2 is 2.17 bits per heavy atom. The number of sulfonamides is 1. The average Bonchev–Trinajstić information content (AvgIpc) is 2.50. The van der Waals surface area contributed by atoms with E-state index in [1.54, 1.807) is 12.2 Å². The molecular weight excluding hydrogens is 398 g/mol. The third kappa shape index (κ3) is 7.11. The minimum Gasteiger partial charge on any atom is -0.491 e. The molecule has 8 nitrogen and oxygen atoms in total. The number of primary sulfonamides is 1. The van der Waals surface area contributed by atoms with Crippen LogP contribution in [0.5, 0.6) is 0 Å². The van der Waals surface area contributed by atoms with Crippen LogP contribution in [0, 0.1) is 0 Å². The average molecular weight is 418 g/mol. The van der Waals surface area contributed by atoms with Crippen LogP contribution in [0.4, 0.5) is 11.8 Å². The second-order valence-electron chi connectivity index (χ2n) is 4.57. The zero-order chi connectivity index (χ0) is 18.2. The van der Waals surface area contributed by atoms with Crippen LogP contribution in [0.1, 0.15) is 20.3 Å². The van der Waals surface area contributed by atoms with Gasteiger partial charge in [-0.1, -0.05) is 13.0 Å². The number of hydrogen-bond acceptors (Lipinski definition) is 7. The molecule has 0 aromatic carbocycles. The molecule has 10 heteroatoms. The molecular formula is C14H20BrN5O3S. The minimum atomic E-state index is -3.80. The summed E-state index contributed by atoms with van der Waals surface area (Å²) in [5, 5.41) is 8.76. The molecule has 132 valence electrons. The summed E-state index contributed by atoms with van der Waals surface area (Å²) in [6, 6.07) is 0. The van der Waals surface area contributed by atoms with E-state index in [4.69, 9.17) is 15.6 Å². The van der Waals surface area contributed by atoms with Gasteiger partial charge in [-0.05, 0) is 41.4 Å². The van der Waals surface area contributed by atoms with Crippen molar-refractivity contribution < 1.29 is 13.2 Å². The maximum absolute atomic E-state index is 11.2. The highest BCUT2D eigenvalue weighted by Crippen LogP contribution is 2.19. The van der Waals surface area contributed by atoms with Crippen molar-refractivity contribution in [3.63, 3.8) is 0 Å². The fourth-order valence-corrected chi connectivity index (χ4v) is 2.01. The first-order valence-corrected chi connectivity index (χ1v) is 9.42. The largest absolute Gasteiger partial charge is 0.491 e. The Morgan fingerprint density at radius 1 is 1.46 bits per heavy atom. The molecule has 1 heterocycles. The van der Waals surface area contributed by atoms with Crippen LogP contribution in [-0.2, 0) is 14.8 Å². The van der Waals surface area contributed by atoms with Gasteiger partial charge in [-0.15, -0.1) is 0 Å². The van der Waals surface area contributed by atoms with Crippen LogP contribution < -0.4 is 16.2 Å². The predicted molar refractivity (Wildman–Crippen MR) is 98.1 cm³/mol. The van der Waals surface area contributed by atoms with Gasteiger partial charge in [0.05, 0.1) is 16.8 Å². The number of aromatic nitrogens is 2. The molecule has 0 aliphatic rings. The number of nitrogens with two attached hydrogens (primary N) is 2. The van der Waals surface area contributed by atoms with Crippen LogP contribution >= 0.6 is 15.9 Å². The summed E-state index contributed by atoms with van der Waals surface area (Å²) < 4.78 is 28.6. The van der Waals surface area contributed by atoms with E-state index in [0.29, 0.717) is 22.5 Å². The summed E-state index contributed by atoms with van der Waals surface area (Å²) in [5.74, 6) is 0.848. The summed E-state index contributed by atoms with van der Waals surface area (Å²) in [6.45, 7) is 4.22. The van der Waals surface area contributed by atoms with Gasteiger partial charge in [-0.3, -0.25) is 0 Å². The van der Waals surface area contributed by atoms with Crippen molar-refractivity contribution in [3.05, 3.63) is 45.8 Å². The van der Waals surface area contributed by atoms with Crippen LogP contribution in [-0.4, -0.2) is 25.0 Å². The molecule has 24 heavy (non-hydrogen) atoms. The Labute approximate surface area is 149 Å². The number of ether oxygens (including phenoxy) is 1. The van der Waals surface area contributed by atoms with Crippen LogP contribution in [0.2, 0.25) is 0 Å². The number of nitrogen functional groups attached to an aromatic ring is 1. The Balaban J connectivity index is 3.29. The van der Waals surface area contributed by atoms with E-state index >= 15 is 0 Å². The van der Waals surface area contributed by atoms with Crippen LogP contribution in [0.25, 0.3) is 0 Å². The van der Waals surface area contributed by atoms with Gasteiger partial charge >= 0.3 is 0 Å². The fourth-order valence-electron chi connectivity index (χ4n) is 1.49. The summed E-state index contributed by atoms with van der Waals surface area (Å²) in [5.41, 5.74) is 6.05. The zero-order valence-corrected chi connectivity index (χ0v) is 15.8. The third-order valence-corrected chi connectivity index (χ3v) is 3.61. The summed E-state index contributed by atoms with van der Waals surface area (Å²) in [4.78, 5) is 8.13. The van der Waals surface area contributed by atoms with Crippen LogP contribution in [0.3, 0.4) is 0 Å². The van der Waals surface area contributed by atoms with Gasteiger partial charge < -0.3 is 15.8 Å². The van der Waals surface area contributed by atoms with E-state index in [-0.39, 0.29) is 11.8 Å². The molecule has 0 saturated carbocycles. The lowest BCUT2D eigenvalue weighted by molar-refractivity contribution is 0.222. The van der Waals surface area contributed by atoms with E-state index in [9.17, 15) is 8.42 Å². The van der Waals surface area contributed by atoms with Gasteiger partial charge in [-0.2, -0.15) is 4.98 Å². The molecule has 0 bridgehead atoms. The highest BCUT2D eigenvalue weighted by atomic mass is 79.9. The Hall–Kier alpha value is -1.91. The van der Waals surface area contributed by atoms with Crippen molar-refractivity contribution in [2.24, 2.45) is 5.14 Å². The standard InChI is InChI=1S/C14H20BrN5O3S/c1-3-5-12(23-7-4-2)11(6-8-24(17,21)22)19-14-18-9-10(15)13(16)20-14/h3,5-6,8-9H,4,7H2,1-2H3,(H2,17,21,22)(H3,16,18,19,20)/b5-3-,8-6+,12-11-. The molecule has 1 aromatic rings. The molecule has 0 unspecified atom stereocenters. The molecule has 0 fully saturated rings.